The highest BCUT2D eigenvalue weighted by atomic mass is 127. The molecule has 0 amide bonds. The molecule has 1 saturated heterocycles. The van der Waals surface area contributed by atoms with Crippen LogP contribution in [0.15, 0.2) is 23.0 Å². The highest BCUT2D eigenvalue weighted by Gasteiger charge is 2.23. The lowest BCUT2D eigenvalue weighted by atomic mass is 10.0. The van der Waals surface area contributed by atoms with Gasteiger partial charge in [0, 0.05) is 21.2 Å². The van der Waals surface area contributed by atoms with Crippen molar-refractivity contribution in [3.05, 3.63) is 43.2 Å². The summed E-state index contributed by atoms with van der Waals surface area (Å²) in [6, 6.07) is 5.69. The number of carboxylic acid groups (broad SMARTS) is 1. The molecule has 2 N–H and O–H groups in total. The summed E-state index contributed by atoms with van der Waals surface area (Å²) in [7, 11) is 0. The monoisotopic (exact) mass is 426 g/mol. The van der Waals surface area contributed by atoms with Gasteiger partial charge in [0.25, 0.3) is 0 Å². The zero-order valence-electron chi connectivity index (χ0n) is 12.9. The molecule has 2 heterocycles. The SMILES string of the molecule is CCc1c(C(=O)O)c(=O)c2cc(I)ccc2n1C[C@@H]1CCNC1. The highest BCUT2D eigenvalue weighted by Crippen LogP contribution is 2.22. The molecule has 0 saturated carbocycles. The molecule has 3 rings (SSSR count). The first-order valence-electron chi connectivity index (χ1n) is 7.81. The minimum absolute atomic E-state index is 0.0760. The molecule has 5 nitrogen and oxygen atoms in total. The Labute approximate surface area is 147 Å². The van der Waals surface area contributed by atoms with Crippen molar-refractivity contribution >= 4 is 39.5 Å². The molecule has 1 aromatic carbocycles. The largest absolute Gasteiger partial charge is 0.477 e. The highest BCUT2D eigenvalue weighted by molar-refractivity contribution is 14.1. The van der Waals surface area contributed by atoms with E-state index >= 15 is 0 Å². The number of carbonyl (C=O) groups is 1. The number of rotatable bonds is 4. The number of nitrogens with one attached hydrogen (secondary N) is 1. The van der Waals surface area contributed by atoms with Crippen molar-refractivity contribution < 1.29 is 9.90 Å². The van der Waals surface area contributed by atoms with Gasteiger partial charge in [0.1, 0.15) is 5.56 Å². The topological polar surface area (TPSA) is 71.3 Å². The number of nitrogens with zero attached hydrogens (tertiary/aromatic N) is 1. The quantitative estimate of drug-likeness (QED) is 0.738. The van der Waals surface area contributed by atoms with E-state index in [-0.39, 0.29) is 11.0 Å². The van der Waals surface area contributed by atoms with E-state index in [0.29, 0.717) is 23.4 Å². The molecule has 1 aliphatic heterocycles. The number of aromatic nitrogens is 1. The number of hydrogen-bond acceptors (Lipinski definition) is 3. The van der Waals surface area contributed by atoms with E-state index in [1.165, 1.54) is 0 Å². The maximum absolute atomic E-state index is 12.7. The van der Waals surface area contributed by atoms with Gasteiger partial charge in [0.15, 0.2) is 0 Å². The molecule has 2 aromatic rings. The van der Waals surface area contributed by atoms with Crippen LogP contribution in [-0.4, -0.2) is 28.7 Å². The van der Waals surface area contributed by atoms with Crippen LogP contribution in [0, 0.1) is 9.49 Å². The maximum atomic E-state index is 12.7. The Morgan fingerprint density at radius 2 is 2.26 bits per heavy atom. The van der Waals surface area contributed by atoms with Gasteiger partial charge in [-0.2, -0.15) is 0 Å². The zero-order valence-corrected chi connectivity index (χ0v) is 15.1. The van der Waals surface area contributed by atoms with Gasteiger partial charge < -0.3 is 15.0 Å². The van der Waals surface area contributed by atoms with Crippen LogP contribution in [0.5, 0.6) is 0 Å². The number of halogens is 1. The second-order valence-electron chi connectivity index (χ2n) is 5.94. The van der Waals surface area contributed by atoms with Gasteiger partial charge in [-0.05, 0) is 72.6 Å². The van der Waals surface area contributed by atoms with Crippen LogP contribution in [0.2, 0.25) is 0 Å². The van der Waals surface area contributed by atoms with Crippen molar-refractivity contribution in [2.75, 3.05) is 13.1 Å². The molecule has 0 aliphatic carbocycles. The predicted molar refractivity (Wildman–Crippen MR) is 98.2 cm³/mol. The van der Waals surface area contributed by atoms with E-state index < -0.39 is 5.97 Å². The van der Waals surface area contributed by atoms with Crippen LogP contribution in [0.25, 0.3) is 10.9 Å². The Morgan fingerprint density at radius 1 is 1.48 bits per heavy atom. The van der Waals surface area contributed by atoms with Crippen molar-refractivity contribution in [2.24, 2.45) is 5.92 Å². The van der Waals surface area contributed by atoms with Crippen LogP contribution in [0.1, 0.15) is 29.4 Å². The fourth-order valence-electron chi connectivity index (χ4n) is 3.40. The van der Waals surface area contributed by atoms with E-state index in [1.54, 1.807) is 6.07 Å². The first kappa shape index (κ1) is 16.4. The molecule has 1 aromatic heterocycles. The normalized spacial score (nSPS) is 17.7. The molecule has 23 heavy (non-hydrogen) atoms. The van der Waals surface area contributed by atoms with Crippen LogP contribution in [0.4, 0.5) is 0 Å². The van der Waals surface area contributed by atoms with Gasteiger partial charge in [-0.15, -0.1) is 0 Å². The van der Waals surface area contributed by atoms with E-state index in [2.05, 4.69) is 27.9 Å². The summed E-state index contributed by atoms with van der Waals surface area (Å²) in [5.74, 6) is -0.669. The second kappa shape index (κ2) is 6.60. The lowest BCUT2D eigenvalue weighted by molar-refractivity contribution is 0.0693. The third-order valence-corrected chi connectivity index (χ3v) is 5.16. The van der Waals surface area contributed by atoms with Crippen LogP contribution in [0.3, 0.4) is 0 Å². The minimum Gasteiger partial charge on any atom is -0.477 e. The molecule has 1 aliphatic rings. The third-order valence-electron chi connectivity index (χ3n) is 4.49. The van der Waals surface area contributed by atoms with Gasteiger partial charge >= 0.3 is 5.97 Å². The fraction of sp³-hybridized carbons (Fsp3) is 0.412. The van der Waals surface area contributed by atoms with Crippen LogP contribution < -0.4 is 10.7 Å². The number of fused-ring (bicyclic) bond motifs is 1. The zero-order chi connectivity index (χ0) is 16.6. The molecular weight excluding hydrogens is 407 g/mol. The molecule has 0 radical (unpaired) electrons. The molecule has 1 atom stereocenters. The molecule has 1 fully saturated rings. The van der Waals surface area contributed by atoms with E-state index in [0.717, 1.165) is 35.1 Å². The third kappa shape index (κ3) is 3.01. The summed E-state index contributed by atoms with van der Waals surface area (Å²) in [6.45, 7) is 4.58. The van der Waals surface area contributed by atoms with E-state index in [1.807, 2.05) is 23.6 Å². The molecule has 0 bridgehead atoms. The lowest BCUT2D eigenvalue weighted by Gasteiger charge is -2.21. The molecular formula is C17H19IN2O3. The van der Waals surface area contributed by atoms with Crippen molar-refractivity contribution in [3.63, 3.8) is 0 Å². The van der Waals surface area contributed by atoms with Crippen LogP contribution in [-0.2, 0) is 13.0 Å². The average Bonchev–Trinajstić information content (AvgIpc) is 3.02. The summed E-state index contributed by atoms with van der Waals surface area (Å²) in [5.41, 5.74) is 1.02. The average molecular weight is 426 g/mol. The Hall–Kier alpha value is -1.41. The smallest absolute Gasteiger partial charge is 0.341 e. The standard InChI is InChI=1S/C17H19IN2O3/c1-2-13-15(17(22)23)16(21)12-7-11(18)3-4-14(12)20(13)9-10-5-6-19-8-10/h3-4,7,10,19H,2,5-6,8-9H2,1H3,(H,22,23)/t10-/m1/s1. The molecule has 0 spiro atoms. The lowest BCUT2D eigenvalue weighted by Crippen LogP contribution is -2.26. The maximum Gasteiger partial charge on any atom is 0.341 e. The minimum atomic E-state index is -1.13. The van der Waals surface area contributed by atoms with Crippen molar-refractivity contribution in [1.29, 1.82) is 0 Å². The van der Waals surface area contributed by atoms with Gasteiger partial charge in [-0.25, -0.2) is 4.79 Å². The number of pyridine rings is 1. The Bertz CT molecular complexity index is 823. The van der Waals surface area contributed by atoms with E-state index in [9.17, 15) is 14.7 Å². The fourth-order valence-corrected chi connectivity index (χ4v) is 3.89. The molecule has 6 heteroatoms. The summed E-state index contributed by atoms with van der Waals surface area (Å²) < 4.78 is 2.98. The number of benzene rings is 1. The van der Waals surface area contributed by atoms with Crippen molar-refractivity contribution in [1.82, 2.24) is 9.88 Å². The summed E-state index contributed by atoms with van der Waals surface area (Å²) in [5, 5.41) is 13.4. The number of aromatic carboxylic acids is 1. The van der Waals surface area contributed by atoms with Gasteiger partial charge in [0.2, 0.25) is 5.43 Å². The summed E-state index contributed by atoms with van der Waals surface area (Å²) in [6.07, 6.45) is 1.60. The van der Waals surface area contributed by atoms with Crippen molar-refractivity contribution in [3.8, 4) is 0 Å². The first-order chi connectivity index (χ1) is 11.0. The second-order valence-corrected chi connectivity index (χ2v) is 7.19. The molecule has 0 unspecified atom stereocenters. The summed E-state index contributed by atoms with van der Waals surface area (Å²) in [4.78, 5) is 24.4. The molecule has 122 valence electrons. The summed E-state index contributed by atoms with van der Waals surface area (Å²) >= 11 is 2.15. The number of carboxylic acids is 1. The number of hydrogen-bond donors (Lipinski definition) is 2. The van der Waals surface area contributed by atoms with Gasteiger partial charge in [-0.3, -0.25) is 4.79 Å². The van der Waals surface area contributed by atoms with Gasteiger partial charge in [-0.1, -0.05) is 6.92 Å². The van der Waals surface area contributed by atoms with Crippen LogP contribution >= 0.6 is 22.6 Å². The predicted octanol–water partition coefficient (Wildman–Crippen LogP) is 2.48. The van der Waals surface area contributed by atoms with Gasteiger partial charge in [0.05, 0.1) is 5.52 Å². The Morgan fingerprint density at radius 3 is 2.87 bits per heavy atom. The van der Waals surface area contributed by atoms with Crippen molar-refractivity contribution in [2.45, 2.75) is 26.3 Å². The Balaban J connectivity index is 2.31. The Kier molecular flexibility index (Phi) is 4.72. The van der Waals surface area contributed by atoms with E-state index in [4.69, 9.17) is 0 Å². The first-order valence-corrected chi connectivity index (χ1v) is 8.89.